The Bertz CT molecular complexity index is 321. The van der Waals surface area contributed by atoms with Crippen LogP contribution < -0.4 is 0 Å². The van der Waals surface area contributed by atoms with Gasteiger partial charge < -0.3 is 4.90 Å². The lowest BCUT2D eigenvalue weighted by molar-refractivity contribution is 0.407. The van der Waals surface area contributed by atoms with E-state index >= 15 is 0 Å². The van der Waals surface area contributed by atoms with Crippen LogP contribution in [-0.4, -0.2) is 25.5 Å². The fourth-order valence-electron chi connectivity index (χ4n) is 2.10. The Morgan fingerprint density at radius 3 is 2.00 bits per heavy atom. The molecule has 0 saturated heterocycles. The third-order valence-electron chi connectivity index (χ3n) is 2.58. The average molecular weight is 226 g/mol. The SMILES string of the molecule is Cc1cc(C)c(C(Cl)CN(C)C)c(C)c1. The van der Waals surface area contributed by atoms with E-state index in [9.17, 15) is 0 Å². The van der Waals surface area contributed by atoms with Gasteiger partial charge >= 0.3 is 0 Å². The van der Waals surface area contributed by atoms with Crippen LogP contribution >= 0.6 is 11.6 Å². The molecule has 0 amide bonds. The molecule has 0 bridgehead atoms. The van der Waals surface area contributed by atoms with Gasteiger partial charge in [-0.15, -0.1) is 11.6 Å². The van der Waals surface area contributed by atoms with Crippen molar-refractivity contribution < 1.29 is 0 Å². The molecule has 0 radical (unpaired) electrons. The molecule has 0 spiro atoms. The first-order valence-corrected chi connectivity index (χ1v) is 5.72. The third-order valence-corrected chi connectivity index (χ3v) is 2.93. The second kappa shape index (κ2) is 5.00. The maximum absolute atomic E-state index is 6.42. The zero-order valence-electron chi connectivity index (χ0n) is 10.3. The van der Waals surface area contributed by atoms with Gasteiger partial charge in [-0.05, 0) is 51.6 Å². The highest BCUT2D eigenvalue weighted by atomic mass is 35.5. The number of alkyl halides is 1. The van der Waals surface area contributed by atoms with Crippen molar-refractivity contribution in [2.24, 2.45) is 0 Å². The van der Waals surface area contributed by atoms with Crippen LogP contribution in [0.4, 0.5) is 0 Å². The lowest BCUT2D eigenvalue weighted by Crippen LogP contribution is -2.18. The molecule has 1 atom stereocenters. The van der Waals surface area contributed by atoms with E-state index in [1.165, 1.54) is 22.3 Å². The summed E-state index contributed by atoms with van der Waals surface area (Å²) in [4.78, 5) is 2.12. The molecule has 1 nitrogen and oxygen atoms in total. The fourth-order valence-corrected chi connectivity index (χ4v) is 2.72. The number of likely N-dealkylation sites (N-methyl/N-ethyl adjacent to an activating group) is 1. The fraction of sp³-hybridized carbons (Fsp3) is 0.538. The van der Waals surface area contributed by atoms with E-state index in [0.29, 0.717) is 0 Å². The number of nitrogens with zero attached hydrogens (tertiary/aromatic N) is 1. The highest BCUT2D eigenvalue weighted by molar-refractivity contribution is 6.21. The second-order valence-electron chi connectivity index (χ2n) is 4.54. The van der Waals surface area contributed by atoms with Crippen molar-refractivity contribution in [3.05, 3.63) is 34.4 Å². The molecule has 1 aromatic rings. The summed E-state index contributed by atoms with van der Waals surface area (Å²) in [5, 5.41) is 0.0839. The van der Waals surface area contributed by atoms with Crippen molar-refractivity contribution in [1.82, 2.24) is 4.90 Å². The lowest BCUT2D eigenvalue weighted by Gasteiger charge is -2.20. The number of aryl methyl sites for hydroxylation is 3. The van der Waals surface area contributed by atoms with E-state index < -0.39 is 0 Å². The van der Waals surface area contributed by atoms with Gasteiger partial charge in [0.25, 0.3) is 0 Å². The molecule has 1 rings (SSSR count). The smallest absolute Gasteiger partial charge is 0.0717 e. The van der Waals surface area contributed by atoms with Crippen molar-refractivity contribution >= 4 is 11.6 Å². The molecule has 0 heterocycles. The number of rotatable bonds is 3. The number of hydrogen-bond donors (Lipinski definition) is 0. The van der Waals surface area contributed by atoms with Gasteiger partial charge in [0.05, 0.1) is 5.38 Å². The second-order valence-corrected chi connectivity index (χ2v) is 5.07. The van der Waals surface area contributed by atoms with Gasteiger partial charge in [-0.2, -0.15) is 0 Å². The zero-order chi connectivity index (χ0) is 11.6. The van der Waals surface area contributed by atoms with Crippen molar-refractivity contribution in [3.8, 4) is 0 Å². The van der Waals surface area contributed by atoms with Crippen LogP contribution in [0.3, 0.4) is 0 Å². The van der Waals surface area contributed by atoms with Gasteiger partial charge in [-0.1, -0.05) is 17.7 Å². The number of halogens is 1. The molecule has 1 aromatic carbocycles. The Morgan fingerprint density at radius 1 is 1.13 bits per heavy atom. The average Bonchev–Trinajstić information content (AvgIpc) is 1.99. The normalized spacial score (nSPS) is 13.3. The summed E-state index contributed by atoms with van der Waals surface area (Å²) < 4.78 is 0. The minimum atomic E-state index is 0.0839. The summed E-state index contributed by atoms with van der Waals surface area (Å²) in [6.45, 7) is 7.28. The summed E-state index contributed by atoms with van der Waals surface area (Å²) >= 11 is 6.42. The van der Waals surface area contributed by atoms with E-state index in [2.05, 4.69) is 37.8 Å². The van der Waals surface area contributed by atoms with E-state index in [4.69, 9.17) is 11.6 Å². The summed E-state index contributed by atoms with van der Waals surface area (Å²) in [5.41, 5.74) is 5.20. The predicted octanol–water partition coefficient (Wildman–Crippen LogP) is 3.45. The van der Waals surface area contributed by atoms with Crippen LogP contribution in [0.15, 0.2) is 12.1 Å². The molecule has 0 saturated carbocycles. The van der Waals surface area contributed by atoms with E-state index in [0.717, 1.165) is 6.54 Å². The summed E-state index contributed by atoms with van der Waals surface area (Å²) in [5.74, 6) is 0. The van der Waals surface area contributed by atoms with Crippen molar-refractivity contribution in [3.63, 3.8) is 0 Å². The topological polar surface area (TPSA) is 3.24 Å². The van der Waals surface area contributed by atoms with Crippen LogP contribution in [0.5, 0.6) is 0 Å². The quantitative estimate of drug-likeness (QED) is 0.713. The van der Waals surface area contributed by atoms with Gasteiger partial charge in [-0.3, -0.25) is 0 Å². The van der Waals surface area contributed by atoms with E-state index in [1.54, 1.807) is 0 Å². The van der Waals surface area contributed by atoms with Gasteiger partial charge in [0.2, 0.25) is 0 Å². The van der Waals surface area contributed by atoms with E-state index in [1.807, 2.05) is 14.1 Å². The van der Waals surface area contributed by atoms with Crippen molar-refractivity contribution in [2.45, 2.75) is 26.1 Å². The van der Waals surface area contributed by atoms with Gasteiger partial charge in [0.15, 0.2) is 0 Å². The summed E-state index contributed by atoms with van der Waals surface area (Å²) in [6, 6.07) is 4.40. The summed E-state index contributed by atoms with van der Waals surface area (Å²) in [7, 11) is 4.10. The number of benzene rings is 1. The molecule has 0 aromatic heterocycles. The highest BCUT2D eigenvalue weighted by Gasteiger charge is 2.14. The Balaban J connectivity index is 3.03. The van der Waals surface area contributed by atoms with Gasteiger partial charge in [-0.25, -0.2) is 0 Å². The van der Waals surface area contributed by atoms with Crippen molar-refractivity contribution in [2.75, 3.05) is 20.6 Å². The van der Waals surface area contributed by atoms with Crippen molar-refractivity contribution in [1.29, 1.82) is 0 Å². The van der Waals surface area contributed by atoms with Gasteiger partial charge in [0, 0.05) is 6.54 Å². The molecule has 15 heavy (non-hydrogen) atoms. The van der Waals surface area contributed by atoms with Crippen LogP contribution in [0.1, 0.15) is 27.6 Å². The molecule has 2 heteroatoms. The zero-order valence-corrected chi connectivity index (χ0v) is 11.0. The first kappa shape index (κ1) is 12.5. The maximum atomic E-state index is 6.42. The Labute approximate surface area is 98.0 Å². The molecule has 0 aliphatic rings. The largest absolute Gasteiger partial charge is 0.308 e. The Hall–Kier alpha value is -0.530. The van der Waals surface area contributed by atoms with Crippen LogP contribution in [0.25, 0.3) is 0 Å². The lowest BCUT2D eigenvalue weighted by atomic mass is 9.97. The highest BCUT2D eigenvalue weighted by Crippen LogP contribution is 2.28. The number of hydrogen-bond acceptors (Lipinski definition) is 1. The predicted molar refractivity (Wildman–Crippen MR) is 67.8 cm³/mol. The minimum absolute atomic E-state index is 0.0839. The van der Waals surface area contributed by atoms with Crippen LogP contribution in [0.2, 0.25) is 0 Å². The molecule has 0 N–H and O–H groups in total. The molecule has 1 unspecified atom stereocenters. The van der Waals surface area contributed by atoms with Crippen LogP contribution in [0, 0.1) is 20.8 Å². The molecule has 84 valence electrons. The molecule has 0 fully saturated rings. The first-order valence-electron chi connectivity index (χ1n) is 5.28. The maximum Gasteiger partial charge on any atom is 0.0717 e. The molecule has 0 aliphatic carbocycles. The summed E-state index contributed by atoms with van der Waals surface area (Å²) in [6.07, 6.45) is 0. The molecular weight excluding hydrogens is 206 g/mol. The third kappa shape index (κ3) is 3.22. The standard InChI is InChI=1S/C13H20ClN/c1-9-6-10(2)13(11(3)7-9)12(14)8-15(4)5/h6-7,12H,8H2,1-5H3. The molecular formula is C13H20ClN. The molecule has 0 aliphatic heterocycles. The van der Waals surface area contributed by atoms with Crippen LogP contribution in [-0.2, 0) is 0 Å². The van der Waals surface area contributed by atoms with Gasteiger partial charge in [0.1, 0.15) is 0 Å². The first-order chi connectivity index (χ1) is 6.91. The Kier molecular flexibility index (Phi) is 4.18. The minimum Gasteiger partial charge on any atom is -0.308 e. The van der Waals surface area contributed by atoms with E-state index in [-0.39, 0.29) is 5.38 Å². The Morgan fingerprint density at radius 2 is 1.60 bits per heavy atom. The monoisotopic (exact) mass is 225 g/mol.